The summed E-state index contributed by atoms with van der Waals surface area (Å²) in [6, 6.07) is 4.42. The number of ether oxygens (including phenoxy) is 1. The van der Waals surface area contributed by atoms with E-state index in [1.54, 1.807) is 24.6 Å². The van der Waals surface area contributed by atoms with Crippen LogP contribution in [-0.4, -0.2) is 33.4 Å². The van der Waals surface area contributed by atoms with Crippen molar-refractivity contribution in [3.63, 3.8) is 0 Å². The third-order valence-corrected chi connectivity index (χ3v) is 4.28. The number of amides is 1. The summed E-state index contributed by atoms with van der Waals surface area (Å²) in [5.74, 6) is 0.257. The third-order valence-electron chi connectivity index (χ3n) is 4.28. The third kappa shape index (κ3) is 3.17. The first-order valence-corrected chi connectivity index (χ1v) is 8.12. The summed E-state index contributed by atoms with van der Waals surface area (Å²) < 4.78 is 20.5. The Hall–Kier alpha value is -2.28. The van der Waals surface area contributed by atoms with Gasteiger partial charge in [-0.25, -0.2) is 4.39 Å². The van der Waals surface area contributed by atoms with Crippen molar-refractivity contribution in [2.24, 2.45) is 5.92 Å². The van der Waals surface area contributed by atoms with Gasteiger partial charge >= 0.3 is 0 Å². The van der Waals surface area contributed by atoms with E-state index in [0.717, 1.165) is 6.42 Å². The average molecular weight is 332 g/mol. The molecule has 0 spiro atoms. The molecule has 1 aliphatic rings. The smallest absolute Gasteiger partial charge is 0.233 e. The molecule has 0 aliphatic carbocycles. The highest BCUT2D eigenvalue weighted by Gasteiger charge is 2.33. The minimum Gasteiger partial charge on any atom is -0.377 e. The lowest BCUT2D eigenvalue weighted by atomic mass is 9.99. The fourth-order valence-electron chi connectivity index (χ4n) is 3.07. The highest BCUT2D eigenvalue weighted by Crippen LogP contribution is 2.25. The number of rotatable bonds is 4. The van der Waals surface area contributed by atoms with Crippen LogP contribution >= 0.6 is 0 Å². The van der Waals surface area contributed by atoms with E-state index in [1.807, 2.05) is 6.92 Å². The van der Waals surface area contributed by atoms with E-state index < -0.39 is 0 Å². The molecule has 1 aromatic heterocycles. The molecule has 6 nitrogen and oxygen atoms in total. The molecule has 1 N–H and O–H groups in total. The quantitative estimate of drug-likeness (QED) is 0.935. The Labute approximate surface area is 140 Å². The lowest BCUT2D eigenvalue weighted by Gasteiger charge is -2.16. The lowest BCUT2D eigenvalue weighted by molar-refractivity contribution is -0.121. The van der Waals surface area contributed by atoms with Crippen LogP contribution in [0, 0.1) is 25.6 Å². The van der Waals surface area contributed by atoms with Crippen LogP contribution in [0.4, 0.5) is 10.3 Å². The van der Waals surface area contributed by atoms with E-state index in [9.17, 15) is 9.18 Å². The molecule has 0 bridgehead atoms. The number of benzene rings is 1. The molecular formula is C17H21FN4O2. The van der Waals surface area contributed by atoms with E-state index in [-0.39, 0.29) is 23.7 Å². The van der Waals surface area contributed by atoms with Gasteiger partial charge in [-0.2, -0.15) is 9.67 Å². The minimum absolute atomic E-state index is 0.0602. The Morgan fingerprint density at radius 1 is 1.46 bits per heavy atom. The monoisotopic (exact) mass is 332 g/mol. The predicted molar refractivity (Wildman–Crippen MR) is 87.6 cm³/mol. The van der Waals surface area contributed by atoms with Gasteiger partial charge in [-0.15, -0.1) is 5.10 Å². The molecule has 0 unspecified atom stereocenters. The first-order chi connectivity index (χ1) is 11.5. The molecule has 0 radical (unpaired) electrons. The van der Waals surface area contributed by atoms with Gasteiger partial charge in [-0.1, -0.05) is 6.92 Å². The Morgan fingerprint density at radius 3 is 2.96 bits per heavy atom. The number of nitrogens with zero attached hydrogens (tertiary/aromatic N) is 3. The largest absolute Gasteiger partial charge is 0.377 e. The van der Waals surface area contributed by atoms with Crippen LogP contribution in [0.2, 0.25) is 0 Å². The molecule has 2 heterocycles. The standard InChI is InChI=1S/C17H21FN4O2/c1-4-15-13(7-8-24-15)16(23)20-17-19-11(3)21-22(17)14-6-5-12(18)9-10(14)2/h5-6,9,13,15H,4,7-8H2,1-3H3,(H,19,20,21,23)/t13-,15+/m1/s1. The second kappa shape index (κ2) is 6.68. The molecule has 1 aromatic carbocycles. The molecule has 2 aromatic rings. The van der Waals surface area contributed by atoms with E-state index in [2.05, 4.69) is 15.4 Å². The van der Waals surface area contributed by atoms with Crippen LogP contribution in [0.25, 0.3) is 5.69 Å². The molecule has 1 fully saturated rings. The van der Waals surface area contributed by atoms with Crippen molar-refractivity contribution in [1.82, 2.24) is 14.8 Å². The second-order valence-corrected chi connectivity index (χ2v) is 6.03. The Balaban J connectivity index is 1.88. The zero-order valence-electron chi connectivity index (χ0n) is 14.0. The summed E-state index contributed by atoms with van der Waals surface area (Å²) in [4.78, 5) is 16.9. The Kier molecular flexibility index (Phi) is 4.62. The number of carbonyl (C=O) groups excluding carboxylic acids is 1. The maximum atomic E-state index is 13.3. The number of carbonyl (C=O) groups is 1. The van der Waals surface area contributed by atoms with Crippen molar-refractivity contribution < 1.29 is 13.9 Å². The van der Waals surface area contributed by atoms with Crippen LogP contribution in [0.5, 0.6) is 0 Å². The van der Waals surface area contributed by atoms with Gasteiger partial charge in [-0.3, -0.25) is 10.1 Å². The van der Waals surface area contributed by atoms with Gasteiger partial charge in [0.2, 0.25) is 11.9 Å². The van der Waals surface area contributed by atoms with Gasteiger partial charge in [0.15, 0.2) is 0 Å². The zero-order valence-corrected chi connectivity index (χ0v) is 14.0. The van der Waals surface area contributed by atoms with Gasteiger partial charge in [0.1, 0.15) is 11.6 Å². The molecule has 3 rings (SSSR count). The molecular weight excluding hydrogens is 311 g/mol. The number of hydrogen-bond acceptors (Lipinski definition) is 4. The van der Waals surface area contributed by atoms with E-state index >= 15 is 0 Å². The predicted octanol–water partition coefficient (Wildman–Crippen LogP) is 2.78. The van der Waals surface area contributed by atoms with E-state index in [0.29, 0.717) is 36.1 Å². The van der Waals surface area contributed by atoms with E-state index in [4.69, 9.17) is 4.74 Å². The first-order valence-electron chi connectivity index (χ1n) is 8.12. The summed E-state index contributed by atoms with van der Waals surface area (Å²) >= 11 is 0. The number of aromatic nitrogens is 3. The van der Waals surface area contributed by atoms with Gasteiger partial charge in [0.05, 0.1) is 17.7 Å². The Morgan fingerprint density at radius 2 is 2.25 bits per heavy atom. The maximum absolute atomic E-state index is 13.3. The molecule has 24 heavy (non-hydrogen) atoms. The number of nitrogens with one attached hydrogen (secondary N) is 1. The van der Waals surface area contributed by atoms with E-state index in [1.165, 1.54) is 12.1 Å². The first kappa shape index (κ1) is 16.6. The molecule has 0 saturated carbocycles. The van der Waals surface area contributed by atoms with Crippen molar-refractivity contribution >= 4 is 11.9 Å². The number of anilines is 1. The maximum Gasteiger partial charge on any atom is 0.233 e. The fourth-order valence-corrected chi connectivity index (χ4v) is 3.07. The second-order valence-electron chi connectivity index (χ2n) is 6.03. The highest BCUT2D eigenvalue weighted by molar-refractivity contribution is 5.91. The average Bonchev–Trinajstić information content (AvgIpc) is 3.13. The van der Waals surface area contributed by atoms with Gasteiger partial charge in [0.25, 0.3) is 0 Å². The van der Waals surface area contributed by atoms with Crippen molar-refractivity contribution in [2.45, 2.75) is 39.7 Å². The van der Waals surface area contributed by atoms with Crippen molar-refractivity contribution in [1.29, 1.82) is 0 Å². The van der Waals surface area contributed by atoms with Gasteiger partial charge in [-0.05, 0) is 50.5 Å². The molecule has 1 amide bonds. The normalized spacial score (nSPS) is 20.3. The summed E-state index contributed by atoms with van der Waals surface area (Å²) in [6.07, 6.45) is 1.43. The summed E-state index contributed by atoms with van der Waals surface area (Å²) in [6.45, 7) is 6.14. The zero-order chi connectivity index (χ0) is 17.3. The number of aryl methyl sites for hydroxylation is 2. The van der Waals surface area contributed by atoms with Crippen LogP contribution in [0.3, 0.4) is 0 Å². The van der Waals surface area contributed by atoms with Crippen LogP contribution < -0.4 is 5.32 Å². The number of halogens is 1. The molecule has 2 atom stereocenters. The topological polar surface area (TPSA) is 69.0 Å². The van der Waals surface area contributed by atoms with Crippen molar-refractivity contribution in [3.05, 3.63) is 35.4 Å². The highest BCUT2D eigenvalue weighted by atomic mass is 19.1. The molecule has 7 heteroatoms. The summed E-state index contributed by atoms with van der Waals surface area (Å²) in [5.41, 5.74) is 1.40. The summed E-state index contributed by atoms with van der Waals surface area (Å²) in [7, 11) is 0. The minimum atomic E-state index is -0.312. The van der Waals surface area contributed by atoms with Crippen molar-refractivity contribution in [2.75, 3.05) is 11.9 Å². The fraction of sp³-hybridized carbons (Fsp3) is 0.471. The van der Waals surface area contributed by atoms with Gasteiger partial charge in [0, 0.05) is 6.61 Å². The van der Waals surface area contributed by atoms with Crippen molar-refractivity contribution in [3.8, 4) is 5.69 Å². The number of hydrogen-bond donors (Lipinski definition) is 1. The van der Waals surface area contributed by atoms with Crippen LogP contribution in [0.1, 0.15) is 31.2 Å². The van der Waals surface area contributed by atoms with Crippen LogP contribution in [-0.2, 0) is 9.53 Å². The molecule has 128 valence electrons. The van der Waals surface area contributed by atoms with Crippen LogP contribution in [0.15, 0.2) is 18.2 Å². The van der Waals surface area contributed by atoms with Gasteiger partial charge < -0.3 is 4.74 Å². The molecule has 1 saturated heterocycles. The molecule has 1 aliphatic heterocycles. The Bertz CT molecular complexity index is 759. The lowest BCUT2D eigenvalue weighted by Crippen LogP contribution is -2.30. The summed E-state index contributed by atoms with van der Waals surface area (Å²) in [5, 5.41) is 7.18. The SMILES string of the molecule is CC[C@@H]1OCC[C@H]1C(=O)Nc1nc(C)nn1-c1ccc(F)cc1C.